The largest absolute Gasteiger partial charge is 0.486 e. The van der Waals surface area contributed by atoms with Gasteiger partial charge in [-0.1, -0.05) is 28.8 Å². The summed E-state index contributed by atoms with van der Waals surface area (Å²) in [5.41, 5.74) is 1.14. The lowest BCUT2D eigenvalue weighted by Gasteiger charge is -2.34. The maximum absolute atomic E-state index is 6.09. The third-order valence-electron chi connectivity index (χ3n) is 3.51. The van der Waals surface area contributed by atoms with Gasteiger partial charge in [-0.3, -0.25) is 0 Å². The van der Waals surface area contributed by atoms with E-state index in [0.29, 0.717) is 12.1 Å². The maximum atomic E-state index is 6.09. The quantitative estimate of drug-likeness (QED) is 0.777. The number of anilines is 1. The lowest BCUT2D eigenvalue weighted by atomic mass is 10.0. The van der Waals surface area contributed by atoms with Crippen molar-refractivity contribution in [2.24, 2.45) is 0 Å². The SMILES string of the molecule is Brc1ccc2c(c1)NC1CCCCCC1O2. The lowest BCUT2D eigenvalue weighted by Crippen LogP contribution is -2.40. The van der Waals surface area contributed by atoms with Gasteiger partial charge < -0.3 is 10.1 Å². The summed E-state index contributed by atoms with van der Waals surface area (Å²) in [7, 11) is 0. The van der Waals surface area contributed by atoms with Crippen LogP contribution in [0.15, 0.2) is 22.7 Å². The first-order valence-corrected chi connectivity index (χ1v) is 6.85. The molecule has 1 heterocycles. The molecule has 0 amide bonds. The second-order valence-corrected chi connectivity index (χ2v) is 5.60. The Morgan fingerprint density at radius 1 is 1.19 bits per heavy atom. The zero-order valence-electron chi connectivity index (χ0n) is 9.21. The predicted octanol–water partition coefficient (Wildman–Crippen LogP) is 3.95. The normalized spacial score (nSPS) is 28.1. The highest BCUT2D eigenvalue weighted by molar-refractivity contribution is 9.10. The Morgan fingerprint density at radius 2 is 2.06 bits per heavy atom. The van der Waals surface area contributed by atoms with E-state index in [-0.39, 0.29) is 0 Å². The molecule has 3 rings (SSSR count). The van der Waals surface area contributed by atoms with Gasteiger partial charge in [0.25, 0.3) is 0 Å². The molecule has 0 saturated heterocycles. The van der Waals surface area contributed by atoms with Crippen molar-refractivity contribution in [1.29, 1.82) is 0 Å². The summed E-state index contributed by atoms with van der Waals surface area (Å²) < 4.78 is 7.19. The van der Waals surface area contributed by atoms with Crippen LogP contribution in [0.5, 0.6) is 5.75 Å². The van der Waals surface area contributed by atoms with Crippen molar-refractivity contribution in [1.82, 2.24) is 0 Å². The molecule has 1 N–H and O–H groups in total. The molecule has 0 aromatic heterocycles. The minimum Gasteiger partial charge on any atom is -0.486 e. The summed E-state index contributed by atoms with van der Waals surface area (Å²) in [6.07, 6.45) is 6.76. The van der Waals surface area contributed by atoms with Gasteiger partial charge in [0.05, 0.1) is 11.7 Å². The first kappa shape index (κ1) is 10.5. The average Bonchev–Trinajstić information content (AvgIpc) is 2.50. The number of ether oxygens (including phenoxy) is 1. The molecule has 0 spiro atoms. The highest BCUT2D eigenvalue weighted by Gasteiger charge is 2.30. The van der Waals surface area contributed by atoms with E-state index in [4.69, 9.17) is 4.74 Å². The van der Waals surface area contributed by atoms with Crippen molar-refractivity contribution in [2.45, 2.75) is 44.2 Å². The maximum Gasteiger partial charge on any atom is 0.143 e. The Balaban J connectivity index is 1.89. The fraction of sp³-hybridized carbons (Fsp3) is 0.538. The van der Waals surface area contributed by atoms with Crippen LogP contribution in [0.4, 0.5) is 5.69 Å². The summed E-state index contributed by atoms with van der Waals surface area (Å²) >= 11 is 3.50. The first-order valence-electron chi connectivity index (χ1n) is 6.06. The van der Waals surface area contributed by atoms with Crippen LogP contribution in [-0.2, 0) is 0 Å². The molecule has 2 atom stereocenters. The third kappa shape index (κ3) is 1.93. The Hall–Kier alpha value is -0.700. The van der Waals surface area contributed by atoms with E-state index < -0.39 is 0 Å². The van der Waals surface area contributed by atoms with E-state index in [1.807, 2.05) is 12.1 Å². The summed E-state index contributed by atoms with van der Waals surface area (Å²) in [4.78, 5) is 0. The summed E-state index contributed by atoms with van der Waals surface area (Å²) in [5.74, 6) is 1.01. The second-order valence-electron chi connectivity index (χ2n) is 4.69. The van der Waals surface area contributed by atoms with Gasteiger partial charge in [0.1, 0.15) is 11.9 Å². The summed E-state index contributed by atoms with van der Waals surface area (Å²) in [6.45, 7) is 0. The fourth-order valence-electron chi connectivity index (χ4n) is 2.66. The topological polar surface area (TPSA) is 21.3 Å². The molecule has 86 valence electrons. The smallest absolute Gasteiger partial charge is 0.143 e. The fourth-order valence-corrected chi connectivity index (χ4v) is 3.02. The average molecular weight is 282 g/mol. The summed E-state index contributed by atoms with van der Waals surface area (Å²) in [6, 6.07) is 6.70. The molecular formula is C13H16BrNO. The van der Waals surface area contributed by atoms with Crippen molar-refractivity contribution in [3.05, 3.63) is 22.7 Å². The van der Waals surface area contributed by atoms with Crippen molar-refractivity contribution in [2.75, 3.05) is 5.32 Å². The molecule has 0 bridgehead atoms. The van der Waals surface area contributed by atoms with Crippen LogP contribution >= 0.6 is 15.9 Å². The van der Waals surface area contributed by atoms with Crippen molar-refractivity contribution in [3.8, 4) is 5.75 Å². The molecule has 16 heavy (non-hydrogen) atoms. The van der Waals surface area contributed by atoms with Crippen molar-refractivity contribution < 1.29 is 4.74 Å². The van der Waals surface area contributed by atoms with E-state index in [1.54, 1.807) is 0 Å². The van der Waals surface area contributed by atoms with Crippen LogP contribution in [0.2, 0.25) is 0 Å². The monoisotopic (exact) mass is 281 g/mol. The predicted molar refractivity (Wildman–Crippen MR) is 69.1 cm³/mol. The van der Waals surface area contributed by atoms with E-state index >= 15 is 0 Å². The number of hydrogen-bond donors (Lipinski definition) is 1. The number of rotatable bonds is 0. The summed E-state index contributed by atoms with van der Waals surface area (Å²) in [5, 5.41) is 3.62. The second kappa shape index (κ2) is 4.28. The Labute approximate surface area is 105 Å². The molecule has 3 heteroatoms. The van der Waals surface area contributed by atoms with Crippen LogP contribution in [0.1, 0.15) is 32.1 Å². The van der Waals surface area contributed by atoms with E-state index in [2.05, 4.69) is 27.3 Å². The molecule has 0 radical (unpaired) electrons. The van der Waals surface area contributed by atoms with Crippen LogP contribution in [0.25, 0.3) is 0 Å². The number of nitrogens with one attached hydrogen (secondary N) is 1. The van der Waals surface area contributed by atoms with Gasteiger partial charge in [-0.15, -0.1) is 0 Å². The molecule has 1 aromatic rings. The standard InChI is InChI=1S/C13H16BrNO/c14-9-6-7-13-11(8-9)15-10-4-2-1-3-5-12(10)16-13/h6-8,10,12,15H,1-5H2. The Kier molecular flexibility index (Phi) is 2.80. The number of halogens is 1. The highest BCUT2D eigenvalue weighted by atomic mass is 79.9. The third-order valence-corrected chi connectivity index (χ3v) is 4.01. The van der Waals surface area contributed by atoms with Crippen molar-refractivity contribution >= 4 is 21.6 Å². The van der Waals surface area contributed by atoms with Crippen LogP contribution in [0, 0.1) is 0 Å². The molecular weight excluding hydrogens is 266 g/mol. The van der Waals surface area contributed by atoms with Gasteiger partial charge in [0.15, 0.2) is 0 Å². The van der Waals surface area contributed by atoms with E-state index in [1.165, 1.54) is 32.1 Å². The zero-order chi connectivity index (χ0) is 11.0. The molecule has 1 aliphatic heterocycles. The van der Waals surface area contributed by atoms with Crippen LogP contribution in [-0.4, -0.2) is 12.1 Å². The molecule has 1 fully saturated rings. The van der Waals surface area contributed by atoms with Gasteiger partial charge in [0.2, 0.25) is 0 Å². The number of benzene rings is 1. The van der Waals surface area contributed by atoms with Gasteiger partial charge in [-0.25, -0.2) is 0 Å². The minimum atomic E-state index is 0.371. The first-order chi connectivity index (χ1) is 7.83. The number of fused-ring (bicyclic) bond motifs is 2. The molecule has 1 saturated carbocycles. The van der Waals surface area contributed by atoms with Crippen molar-refractivity contribution in [3.63, 3.8) is 0 Å². The van der Waals surface area contributed by atoms with Crippen LogP contribution < -0.4 is 10.1 Å². The van der Waals surface area contributed by atoms with Gasteiger partial charge in [0, 0.05) is 4.47 Å². The van der Waals surface area contributed by atoms with Gasteiger partial charge in [-0.05, 0) is 37.5 Å². The number of hydrogen-bond acceptors (Lipinski definition) is 2. The molecule has 2 unspecified atom stereocenters. The molecule has 2 aliphatic rings. The van der Waals surface area contributed by atoms with Crippen LogP contribution in [0.3, 0.4) is 0 Å². The molecule has 2 nitrogen and oxygen atoms in total. The van der Waals surface area contributed by atoms with E-state index in [0.717, 1.165) is 15.9 Å². The van der Waals surface area contributed by atoms with E-state index in [9.17, 15) is 0 Å². The van der Waals surface area contributed by atoms with Gasteiger partial charge >= 0.3 is 0 Å². The molecule has 1 aromatic carbocycles. The Bertz CT molecular complexity index is 394. The Morgan fingerprint density at radius 3 is 3.00 bits per heavy atom. The lowest BCUT2D eigenvalue weighted by molar-refractivity contribution is 0.160. The highest BCUT2D eigenvalue weighted by Crippen LogP contribution is 2.37. The van der Waals surface area contributed by atoms with Gasteiger partial charge in [-0.2, -0.15) is 0 Å². The minimum absolute atomic E-state index is 0.371. The molecule has 1 aliphatic carbocycles. The zero-order valence-corrected chi connectivity index (χ0v) is 10.8.